The first kappa shape index (κ1) is 22.9. The molecule has 2 heterocycles. The molecule has 0 fully saturated rings. The summed E-state index contributed by atoms with van der Waals surface area (Å²) in [4.78, 5) is 27.1. The summed E-state index contributed by atoms with van der Waals surface area (Å²) in [5, 5.41) is 29.6. The Kier molecular flexibility index (Phi) is 6.73. The Bertz CT molecular complexity index is 1280. The molecule has 172 valence electrons. The van der Waals surface area contributed by atoms with Crippen molar-refractivity contribution in [2.24, 2.45) is 0 Å². The predicted octanol–water partition coefficient (Wildman–Crippen LogP) is 3.58. The summed E-state index contributed by atoms with van der Waals surface area (Å²) in [6, 6.07) is 9.82. The molecular weight excluding hydrogens is 444 g/mol. The van der Waals surface area contributed by atoms with Crippen LogP contribution in [0.25, 0.3) is 27.9 Å². The number of rotatable bonds is 6. The second kappa shape index (κ2) is 9.70. The van der Waals surface area contributed by atoms with E-state index in [9.17, 15) is 19.8 Å². The minimum absolute atomic E-state index is 0.0423. The van der Waals surface area contributed by atoms with Crippen molar-refractivity contribution >= 4 is 34.2 Å². The van der Waals surface area contributed by atoms with Gasteiger partial charge in [-0.05, 0) is 31.2 Å². The normalized spacial score (nSPS) is 14.3. The molecule has 0 spiro atoms. The number of likely N-dealkylation sites (N-methyl/N-ethyl adjacent to an activating group) is 1. The van der Waals surface area contributed by atoms with Crippen LogP contribution in [0.1, 0.15) is 18.4 Å². The highest BCUT2D eigenvalue weighted by Crippen LogP contribution is 2.40. The molecule has 0 unspecified atom stereocenters. The van der Waals surface area contributed by atoms with Gasteiger partial charge >= 0.3 is 0 Å². The summed E-state index contributed by atoms with van der Waals surface area (Å²) in [6.07, 6.45) is 2.85. The Labute approximate surface area is 194 Å². The monoisotopic (exact) mass is 468 g/mol. The van der Waals surface area contributed by atoms with Crippen LogP contribution in [0.3, 0.4) is 0 Å². The lowest BCUT2D eigenvalue weighted by Gasteiger charge is -2.23. The van der Waals surface area contributed by atoms with E-state index in [0.717, 1.165) is 17.0 Å². The van der Waals surface area contributed by atoms with Crippen molar-refractivity contribution in [2.45, 2.75) is 17.7 Å². The van der Waals surface area contributed by atoms with Crippen molar-refractivity contribution in [3.05, 3.63) is 58.3 Å². The number of nitrogens with zero attached hydrogens (tertiary/aromatic N) is 1. The van der Waals surface area contributed by atoms with Crippen LogP contribution in [-0.2, 0) is 4.79 Å². The third-order valence-electron chi connectivity index (χ3n) is 5.56. The maximum atomic E-state index is 12.9. The van der Waals surface area contributed by atoms with Gasteiger partial charge < -0.3 is 19.5 Å². The molecule has 1 aliphatic heterocycles. The zero-order valence-corrected chi connectivity index (χ0v) is 18.8. The third kappa shape index (κ3) is 4.90. The number of amides is 1. The summed E-state index contributed by atoms with van der Waals surface area (Å²) < 4.78 is 6.11. The van der Waals surface area contributed by atoms with Gasteiger partial charge in [0, 0.05) is 47.9 Å². The van der Waals surface area contributed by atoms with Gasteiger partial charge in [-0.25, -0.2) is 5.48 Å². The highest BCUT2D eigenvalue weighted by molar-refractivity contribution is 7.99. The highest BCUT2D eigenvalue weighted by Gasteiger charge is 2.22. The molecule has 9 heteroatoms. The molecule has 4 rings (SSSR count). The lowest BCUT2D eigenvalue weighted by molar-refractivity contribution is -0.128. The number of phenolic OH excluding ortho intramolecular Hbond substituents is 2. The van der Waals surface area contributed by atoms with Gasteiger partial charge in [-0.2, -0.15) is 0 Å². The van der Waals surface area contributed by atoms with Crippen molar-refractivity contribution in [2.75, 3.05) is 25.9 Å². The van der Waals surface area contributed by atoms with Crippen molar-refractivity contribution in [3.8, 4) is 22.8 Å². The Morgan fingerprint density at radius 1 is 1.18 bits per heavy atom. The van der Waals surface area contributed by atoms with Crippen LogP contribution in [0.5, 0.6) is 11.5 Å². The average Bonchev–Trinajstić information content (AvgIpc) is 2.80. The zero-order chi connectivity index (χ0) is 23.5. The molecular formula is C24H24N2O6S. The van der Waals surface area contributed by atoms with Gasteiger partial charge in [0.2, 0.25) is 5.91 Å². The van der Waals surface area contributed by atoms with Gasteiger partial charge in [-0.15, -0.1) is 11.8 Å². The fourth-order valence-electron chi connectivity index (χ4n) is 3.79. The maximum Gasteiger partial charge on any atom is 0.244 e. The maximum absolute atomic E-state index is 12.9. The second-order valence-electron chi connectivity index (χ2n) is 7.87. The molecule has 8 nitrogen and oxygen atoms in total. The van der Waals surface area contributed by atoms with Gasteiger partial charge in [0.1, 0.15) is 22.6 Å². The van der Waals surface area contributed by atoms with E-state index >= 15 is 0 Å². The fourth-order valence-corrected chi connectivity index (χ4v) is 4.64. The zero-order valence-electron chi connectivity index (χ0n) is 18.0. The predicted molar refractivity (Wildman–Crippen MR) is 127 cm³/mol. The smallest absolute Gasteiger partial charge is 0.244 e. The molecule has 0 aliphatic carbocycles. The molecule has 1 aromatic heterocycles. The number of aromatic hydroxyl groups is 2. The molecule has 4 N–H and O–H groups in total. The molecule has 0 atom stereocenters. The van der Waals surface area contributed by atoms with E-state index < -0.39 is 11.3 Å². The molecule has 1 aliphatic rings. The molecule has 33 heavy (non-hydrogen) atoms. The highest BCUT2D eigenvalue weighted by atomic mass is 32.2. The summed E-state index contributed by atoms with van der Waals surface area (Å²) in [5.41, 5.74) is 3.34. The summed E-state index contributed by atoms with van der Waals surface area (Å²) in [6.45, 7) is 1.51. The van der Waals surface area contributed by atoms with E-state index in [1.54, 1.807) is 17.6 Å². The van der Waals surface area contributed by atoms with E-state index in [4.69, 9.17) is 9.62 Å². The van der Waals surface area contributed by atoms with Crippen LogP contribution in [0, 0.1) is 0 Å². The van der Waals surface area contributed by atoms with Crippen LogP contribution >= 0.6 is 11.8 Å². The number of fused-ring (bicyclic) bond motifs is 1. The second-order valence-corrected chi connectivity index (χ2v) is 9.04. The van der Waals surface area contributed by atoms with Gasteiger partial charge in [-0.3, -0.25) is 14.8 Å². The molecule has 0 bridgehead atoms. The van der Waals surface area contributed by atoms with E-state index in [-0.39, 0.29) is 28.9 Å². The third-order valence-corrected chi connectivity index (χ3v) is 6.57. The Morgan fingerprint density at radius 2 is 1.94 bits per heavy atom. The van der Waals surface area contributed by atoms with Crippen molar-refractivity contribution in [3.63, 3.8) is 0 Å². The first-order chi connectivity index (χ1) is 15.9. The molecule has 0 radical (unpaired) electrons. The van der Waals surface area contributed by atoms with Crippen LogP contribution < -0.4 is 10.9 Å². The van der Waals surface area contributed by atoms with Gasteiger partial charge in [-0.1, -0.05) is 18.2 Å². The number of benzene rings is 2. The number of nitrogens with one attached hydrogen (secondary N) is 1. The standard InChI is InChI=1S/C24H24N2O6S/c1-26-9-6-15(7-10-26)22-17(27)12-18(28)23-19(29)13-20(32-24(22)23)14-2-4-16(5-3-14)33-11-8-21(30)25-31/h2-6,12-13,27-28,31H,7-11H2,1H3,(H,25,30). The number of phenols is 2. The molecule has 3 aromatic rings. The first-order valence-corrected chi connectivity index (χ1v) is 11.4. The molecule has 0 saturated heterocycles. The minimum atomic E-state index is -0.445. The molecule has 0 saturated carbocycles. The topological polar surface area (TPSA) is 123 Å². The van der Waals surface area contributed by atoms with Crippen LogP contribution in [-0.4, -0.2) is 52.1 Å². The van der Waals surface area contributed by atoms with Crippen LogP contribution in [0.4, 0.5) is 0 Å². The lowest BCUT2D eigenvalue weighted by atomic mass is 9.96. The van der Waals surface area contributed by atoms with Crippen molar-refractivity contribution in [1.29, 1.82) is 0 Å². The van der Waals surface area contributed by atoms with E-state index in [1.165, 1.54) is 23.9 Å². The number of hydrogen-bond donors (Lipinski definition) is 4. The van der Waals surface area contributed by atoms with Gasteiger partial charge in [0.05, 0.1) is 5.56 Å². The quantitative estimate of drug-likeness (QED) is 0.246. The minimum Gasteiger partial charge on any atom is -0.507 e. The largest absolute Gasteiger partial charge is 0.507 e. The van der Waals surface area contributed by atoms with Crippen molar-refractivity contribution < 1.29 is 24.6 Å². The first-order valence-electron chi connectivity index (χ1n) is 10.4. The van der Waals surface area contributed by atoms with E-state index in [0.29, 0.717) is 35.6 Å². The van der Waals surface area contributed by atoms with Gasteiger partial charge in [0.15, 0.2) is 11.0 Å². The molecule has 2 aromatic carbocycles. The fraction of sp³-hybridized carbons (Fsp3) is 0.250. The Morgan fingerprint density at radius 3 is 2.61 bits per heavy atom. The number of hydrogen-bond acceptors (Lipinski definition) is 8. The average molecular weight is 469 g/mol. The summed E-state index contributed by atoms with van der Waals surface area (Å²) >= 11 is 1.46. The number of hydroxylamine groups is 1. The molecule has 1 amide bonds. The van der Waals surface area contributed by atoms with Crippen molar-refractivity contribution in [1.82, 2.24) is 10.4 Å². The summed E-state index contributed by atoms with van der Waals surface area (Å²) in [5.74, 6) is -0.0701. The Hall–Kier alpha value is -3.27. The van der Waals surface area contributed by atoms with Crippen LogP contribution in [0.2, 0.25) is 0 Å². The summed E-state index contributed by atoms with van der Waals surface area (Å²) in [7, 11) is 2.00. The SMILES string of the molecule is CN1CC=C(c2c(O)cc(O)c3c(=O)cc(-c4ccc(SCCC(=O)NO)cc4)oc23)CC1. The number of thioether (sulfide) groups is 1. The van der Waals surface area contributed by atoms with Gasteiger partial charge in [0.25, 0.3) is 0 Å². The van der Waals surface area contributed by atoms with Crippen LogP contribution in [0.15, 0.2) is 56.6 Å². The van der Waals surface area contributed by atoms with E-state index in [2.05, 4.69) is 4.90 Å². The number of carbonyl (C=O) groups is 1. The van der Waals surface area contributed by atoms with E-state index in [1.807, 2.05) is 25.3 Å². The Balaban J connectivity index is 1.72. The number of carbonyl (C=O) groups excluding carboxylic acids is 1. The lowest BCUT2D eigenvalue weighted by Crippen LogP contribution is -2.23.